The number of nitrogens with one attached hydrogen (secondary N) is 1. The summed E-state index contributed by atoms with van der Waals surface area (Å²) < 4.78 is 2.01. The average Bonchev–Trinajstić information content (AvgIpc) is 2.90. The minimum atomic E-state index is 0.208. The van der Waals surface area contributed by atoms with Crippen LogP contribution in [0.4, 0.5) is 5.95 Å². The van der Waals surface area contributed by atoms with E-state index in [1.54, 1.807) is 0 Å². The summed E-state index contributed by atoms with van der Waals surface area (Å²) in [7, 11) is 2.03. The maximum absolute atomic E-state index is 4.75. The van der Waals surface area contributed by atoms with Crippen molar-refractivity contribution in [2.45, 2.75) is 46.1 Å². The molecule has 0 saturated heterocycles. The molecule has 3 aromatic rings. The molecule has 6 nitrogen and oxygen atoms in total. The third-order valence-electron chi connectivity index (χ3n) is 5.11. The number of aromatic nitrogens is 5. The molecule has 3 aromatic heterocycles. The van der Waals surface area contributed by atoms with Crippen LogP contribution in [0, 0.1) is 20.8 Å². The van der Waals surface area contributed by atoms with Gasteiger partial charge in [0.15, 0.2) is 0 Å². The van der Waals surface area contributed by atoms with Crippen LogP contribution in [-0.4, -0.2) is 24.7 Å². The molecule has 6 heteroatoms. The minimum absolute atomic E-state index is 0.208. The van der Waals surface area contributed by atoms with Gasteiger partial charge in [0, 0.05) is 41.5 Å². The fourth-order valence-corrected chi connectivity index (χ4v) is 3.93. The van der Waals surface area contributed by atoms with E-state index in [0.717, 1.165) is 47.6 Å². The van der Waals surface area contributed by atoms with Crippen molar-refractivity contribution in [2.75, 3.05) is 5.32 Å². The number of hydrogen-bond donors (Lipinski definition) is 1. The maximum atomic E-state index is 4.75. The zero-order valence-corrected chi connectivity index (χ0v) is 15.7. The molecule has 1 unspecified atom stereocenters. The van der Waals surface area contributed by atoms with Crippen LogP contribution in [0.2, 0.25) is 0 Å². The molecule has 1 N–H and O–H groups in total. The van der Waals surface area contributed by atoms with Gasteiger partial charge < -0.3 is 5.32 Å². The van der Waals surface area contributed by atoms with Gasteiger partial charge in [-0.05, 0) is 58.2 Å². The molecule has 0 amide bonds. The first kappa shape index (κ1) is 16.7. The quantitative estimate of drug-likeness (QED) is 0.782. The molecule has 26 heavy (non-hydrogen) atoms. The van der Waals surface area contributed by atoms with Crippen LogP contribution in [0.25, 0.3) is 11.3 Å². The topological polar surface area (TPSA) is 68.5 Å². The zero-order valence-electron chi connectivity index (χ0n) is 15.7. The lowest BCUT2D eigenvalue weighted by Gasteiger charge is -2.24. The summed E-state index contributed by atoms with van der Waals surface area (Å²) in [6.07, 6.45) is 5.10. The first-order valence-corrected chi connectivity index (χ1v) is 9.09. The first-order chi connectivity index (χ1) is 12.5. The molecule has 134 valence electrons. The van der Waals surface area contributed by atoms with Gasteiger partial charge in [0.25, 0.3) is 0 Å². The van der Waals surface area contributed by atoms with Gasteiger partial charge in [0.1, 0.15) is 0 Å². The van der Waals surface area contributed by atoms with Gasteiger partial charge in [-0.15, -0.1) is 0 Å². The fourth-order valence-electron chi connectivity index (χ4n) is 3.93. The maximum Gasteiger partial charge on any atom is 0.223 e. The van der Waals surface area contributed by atoms with Gasteiger partial charge >= 0.3 is 0 Å². The van der Waals surface area contributed by atoms with E-state index in [1.807, 2.05) is 43.9 Å². The lowest BCUT2D eigenvalue weighted by molar-refractivity contribution is 0.568. The van der Waals surface area contributed by atoms with Gasteiger partial charge in [-0.1, -0.05) is 0 Å². The highest BCUT2D eigenvalue weighted by atomic mass is 15.3. The van der Waals surface area contributed by atoms with Crippen molar-refractivity contribution in [3.8, 4) is 11.3 Å². The Hall–Kier alpha value is -2.76. The fraction of sp³-hybridized carbons (Fsp3) is 0.400. The second kappa shape index (κ2) is 6.52. The van der Waals surface area contributed by atoms with Crippen molar-refractivity contribution in [2.24, 2.45) is 7.05 Å². The number of pyridine rings is 1. The monoisotopic (exact) mass is 348 g/mol. The Bertz CT molecular complexity index is 959. The number of hydrogen-bond acceptors (Lipinski definition) is 5. The van der Waals surface area contributed by atoms with Gasteiger partial charge in [-0.3, -0.25) is 9.67 Å². The Balaban J connectivity index is 1.65. The van der Waals surface area contributed by atoms with E-state index >= 15 is 0 Å². The molecule has 0 bridgehead atoms. The standard InChI is InChI=1S/C20H24N6/c1-12-8-9-15(13(2)22-12)16-10-11-21-20(23-16)24-17-6-5-7-18-19(17)14(3)25-26(18)4/h8-11,17H,5-7H2,1-4H3,(H,21,23,24). The summed E-state index contributed by atoms with van der Waals surface area (Å²) in [5.41, 5.74) is 7.66. The Labute approximate surface area is 153 Å². The van der Waals surface area contributed by atoms with Gasteiger partial charge in [-0.2, -0.15) is 5.10 Å². The SMILES string of the molecule is Cc1ccc(-c2ccnc(NC3CCCc4c3c(C)nn4C)n2)c(C)n1. The van der Waals surface area contributed by atoms with Crippen molar-refractivity contribution < 1.29 is 0 Å². The highest BCUT2D eigenvalue weighted by Crippen LogP contribution is 2.34. The predicted molar refractivity (Wildman–Crippen MR) is 102 cm³/mol. The van der Waals surface area contributed by atoms with Crippen LogP contribution in [0.15, 0.2) is 24.4 Å². The molecule has 0 fully saturated rings. The Morgan fingerprint density at radius 2 is 1.92 bits per heavy atom. The molecule has 3 heterocycles. The number of fused-ring (bicyclic) bond motifs is 1. The van der Waals surface area contributed by atoms with Crippen molar-refractivity contribution >= 4 is 5.95 Å². The van der Waals surface area contributed by atoms with Crippen molar-refractivity contribution in [1.82, 2.24) is 24.7 Å². The number of nitrogens with zero attached hydrogens (tertiary/aromatic N) is 5. The highest BCUT2D eigenvalue weighted by molar-refractivity contribution is 5.62. The van der Waals surface area contributed by atoms with E-state index in [-0.39, 0.29) is 6.04 Å². The molecule has 0 aliphatic heterocycles. The predicted octanol–water partition coefficient (Wildman–Crippen LogP) is 3.69. The third kappa shape index (κ3) is 2.96. The van der Waals surface area contributed by atoms with Crippen LogP contribution < -0.4 is 5.32 Å². The number of anilines is 1. The molecule has 0 radical (unpaired) electrons. The van der Waals surface area contributed by atoms with E-state index < -0.39 is 0 Å². The summed E-state index contributed by atoms with van der Waals surface area (Å²) in [4.78, 5) is 13.7. The van der Waals surface area contributed by atoms with Crippen LogP contribution in [0.5, 0.6) is 0 Å². The van der Waals surface area contributed by atoms with E-state index in [0.29, 0.717) is 5.95 Å². The smallest absolute Gasteiger partial charge is 0.223 e. The van der Waals surface area contributed by atoms with Crippen molar-refractivity contribution in [3.05, 3.63) is 52.7 Å². The summed E-state index contributed by atoms with van der Waals surface area (Å²) in [5.74, 6) is 0.656. The first-order valence-electron chi connectivity index (χ1n) is 9.09. The summed E-state index contributed by atoms with van der Waals surface area (Å²) in [6, 6.07) is 6.24. The normalized spacial score (nSPS) is 16.4. The molecular weight excluding hydrogens is 324 g/mol. The lowest BCUT2D eigenvalue weighted by atomic mass is 9.91. The molecule has 0 spiro atoms. The molecule has 0 saturated carbocycles. The van der Waals surface area contributed by atoms with Crippen LogP contribution >= 0.6 is 0 Å². The summed E-state index contributed by atoms with van der Waals surface area (Å²) in [6.45, 7) is 6.10. The number of rotatable bonds is 3. The Kier molecular flexibility index (Phi) is 4.18. The van der Waals surface area contributed by atoms with Crippen molar-refractivity contribution in [1.29, 1.82) is 0 Å². The molecule has 1 aliphatic rings. The van der Waals surface area contributed by atoms with Gasteiger partial charge in [0.05, 0.1) is 17.4 Å². The van der Waals surface area contributed by atoms with Gasteiger partial charge in [0.2, 0.25) is 5.95 Å². The minimum Gasteiger partial charge on any atom is -0.347 e. The molecule has 1 atom stereocenters. The highest BCUT2D eigenvalue weighted by Gasteiger charge is 2.26. The van der Waals surface area contributed by atoms with E-state index in [1.165, 1.54) is 11.3 Å². The Morgan fingerprint density at radius 3 is 2.73 bits per heavy atom. The van der Waals surface area contributed by atoms with E-state index in [9.17, 15) is 0 Å². The zero-order chi connectivity index (χ0) is 18.3. The summed E-state index contributed by atoms with van der Waals surface area (Å²) in [5, 5.41) is 8.13. The molecular formula is C20H24N6. The largest absolute Gasteiger partial charge is 0.347 e. The summed E-state index contributed by atoms with van der Waals surface area (Å²) >= 11 is 0. The van der Waals surface area contributed by atoms with E-state index in [4.69, 9.17) is 4.98 Å². The molecule has 1 aliphatic carbocycles. The van der Waals surface area contributed by atoms with E-state index in [2.05, 4.69) is 33.4 Å². The molecule has 4 rings (SSSR count). The van der Waals surface area contributed by atoms with Gasteiger partial charge in [-0.25, -0.2) is 9.97 Å². The van der Waals surface area contributed by atoms with Crippen LogP contribution in [-0.2, 0) is 13.5 Å². The molecule has 0 aromatic carbocycles. The Morgan fingerprint density at radius 1 is 1.08 bits per heavy atom. The lowest BCUT2D eigenvalue weighted by Crippen LogP contribution is -2.19. The average molecular weight is 348 g/mol. The number of aryl methyl sites for hydroxylation is 4. The second-order valence-corrected chi connectivity index (χ2v) is 7.01. The van der Waals surface area contributed by atoms with Crippen molar-refractivity contribution in [3.63, 3.8) is 0 Å². The van der Waals surface area contributed by atoms with Crippen LogP contribution in [0.3, 0.4) is 0 Å². The third-order valence-corrected chi connectivity index (χ3v) is 5.11. The van der Waals surface area contributed by atoms with Crippen LogP contribution in [0.1, 0.15) is 47.2 Å². The second-order valence-electron chi connectivity index (χ2n) is 7.01.